The topological polar surface area (TPSA) is 58.2 Å². The summed E-state index contributed by atoms with van der Waals surface area (Å²) in [5.74, 6) is -1.39. The summed E-state index contributed by atoms with van der Waals surface area (Å²) in [6, 6.07) is 21.9. The average molecular weight is 334 g/mol. The number of hydrazine groups is 1. The van der Waals surface area contributed by atoms with E-state index in [1.165, 1.54) is 24.3 Å². The molecule has 0 unspecified atom stereocenters. The molecular formula is C20H15FN2O2. The third kappa shape index (κ3) is 4.09. The predicted octanol–water partition coefficient (Wildman–Crippen LogP) is 3.57. The van der Waals surface area contributed by atoms with Crippen molar-refractivity contribution in [3.05, 3.63) is 95.8 Å². The van der Waals surface area contributed by atoms with Crippen molar-refractivity contribution in [1.82, 2.24) is 10.9 Å². The summed E-state index contributed by atoms with van der Waals surface area (Å²) < 4.78 is 12.8. The third-order valence-electron chi connectivity index (χ3n) is 3.65. The largest absolute Gasteiger partial charge is 0.269 e. The highest BCUT2D eigenvalue weighted by Crippen LogP contribution is 2.19. The highest BCUT2D eigenvalue weighted by molar-refractivity contribution is 5.99. The normalized spacial score (nSPS) is 10.1. The van der Waals surface area contributed by atoms with Gasteiger partial charge in [0.25, 0.3) is 11.8 Å². The van der Waals surface area contributed by atoms with Gasteiger partial charge in [-0.25, -0.2) is 4.39 Å². The molecule has 5 heteroatoms. The lowest BCUT2D eigenvalue weighted by atomic mass is 10.0. The van der Waals surface area contributed by atoms with Crippen LogP contribution in [0, 0.1) is 5.82 Å². The molecule has 0 heterocycles. The van der Waals surface area contributed by atoms with Gasteiger partial charge in [-0.05, 0) is 47.5 Å². The predicted molar refractivity (Wildman–Crippen MR) is 93.2 cm³/mol. The second-order valence-electron chi connectivity index (χ2n) is 5.36. The fourth-order valence-electron chi connectivity index (χ4n) is 2.30. The van der Waals surface area contributed by atoms with Gasteiger partial charge < -0.3 is 0 Å². The van der Waals surface area contributed by atoms with Crippen molar-refractivity contribution < 1.29 is 14.0 Å². The molecule has 0 atom stereocenters. The zero-order valence-electron chi connectivity index (χ0n) is 13.2. The number of carbonyl (C=O) groups excluding carboxylic acids is 2. The smallest absolute Gasteiger partial charge is 0.267 e. The Morgan fingerprint density at radius 3 is 1.56 bits per heavy atom. The molecule has 0 saturated carbocycles. The van der Waals surface area contributed by atoms with E-state index < -0.39 is 17.6 Å². The van der Waals surface area contributed by atoms with Gasteiger partial charge >= 0.3 is 0 Å². The lowest BCUT2D eigenvalue weighted by Gasteiger charge is -2.08. The van der Waals surface area contributed by atoms with Crippen molar-refractivity contribution >= 4 is 11.8 Å². The minimum atomic E-state index is -0.519. The van der Waals surface area contributed by atoms with Crippen molar-refractivity contribution in [1.29, 1.82) is 0 Å². The van der Waals surface area contributed by atoms with Gasteiger partial charge in [-0.3, -0.25) is 20.4 Å². The van der Waals surface area contributed by atoms with Crippen LogP contribution in [0.15, 0.2) is 78.9 Å². The van der Waals surface area contributed by atoms with E-state index >= 15 is 0 Å². The van der Waals surface area contributed by atoms with Crippen LogP contribution in [-0.4, -0.2) is 11.8 Å². The molecule has 2 amide bonds. The first-order valence-electron chi connectivity index (χ1n) is 7.65. The van der Waals surface area contributed by atoms with E-state index in [0.29, 0.717) is 5.56 Å². The zero-order valence-corrected chi connectivity index (χ0v) is 13.2. The molecular weight excluding hydrogens is 319 g/mol. The number of hydrogen-bond donors (Lipinski definition) is 2. The van der Waals surface area contributed by atoms with E-state index in [1.807, 2.05) is 42.5 Å². The van der Waals surface area contributed by atoms with E-state index in [0.717, 1.165) is 11.1 Å². The van der Waals surface area contributed by atoms with Crippen molar-refractivity contribution in [2.24, 2.45) is 0 Å². The van der Waals surface area contributed by atoms with Crippen molar-refractivity contribution in [2.45, 2.75) is 0 Å². The Balaban J connectivity index is 1.61. The Bertz CT molecular complexity index is 876. The second kappa shape index (κ2) is 7.40. The maximum Gasteiger partial charge on any atom is 0.269 e. The summed E-state index contributed by atoms with van der Waals surface area (Å²) in [5.41, 5.74) is 7.36. The molecule has 25 heavy (non-hydrogen) atoms. The zero-order chi connectivity index (χ0) is 17.6. The second-order valence-corrected chi connectivity index (χ2v) is 5.36. The maximum absolute atomic E-state index is 12.8. The number of hydrogen-bond acceptors (Lipinski definition) is 2. The first-order chi connectivity index (χ1) is 12.1. The molecule has 0 bridgehead atoms. The molecule has 124 valence electrons. The number of rotatable bonds is 3. The fourth-order valence-corrected chi connectivity index (χ4v) is 2.30. The Hall–Kier alpha value is -3.47. The van der Waals surface area contributed by atoms with E-state index in [9.17, 15) is 14.0 Å². The van der Waals surface area contributed by atoms with Gasteiger partial charge in [-0.2, -0.15) is 0 Å². The molecule has 0 aliphatic carbocycles. The van der Waals surface area contributed by atoms with Crippen LogP contribution in [0.5, 0.6) is 0 Å². The Morgan fingerprint density at radius 1 is 0.600 bits per heavy atom. The number of halogens is 1. The molecule has 0 aromatic heterocycles. The van der Waals surface area contributed by atoms with Crippen LogP contribution >= 0.6 is 0 Å². The minimum Gasteiger partial charge on any atom is -0.267 e. The molecule has 0 aliphatic rings. The standard InChI is InChI=1S/C20H15FN2O2/c21-18-12-10-17(11-13-18)20(25)23-22-19(24)16-8-6-15(7-9-16)14-4-2-1-3-5-14/h1-13H,(H,22,24)(H,23,25). The van der Waals surface area contributed by atoms with Crippen LogP contribution in [0.2, 0.25) is 0 Å². The third-order valence-corrected chi connectivity index (χ3v) is 3.65. The first kappa shape index (κ1) is 16.4. The van der Waals surface area contributed by atoms with Gasteiger partial charge in [0.2, 0.25) is 0 Å². The number of benzene rings is 3. The van der Waals surface area contributed by atoms with Crippen LogP contribution < -0.4 is 10.9 Å². The maximum atomic E-state index is 12.8. The van der Waals surface area contributed by atoms with E-state index in [-0.39, 0.29) is 5.56 Å². The fraction of sp³-hybridized carbons (Fsp3) is 0. The molecule has 0 spiro atoms. The summed E-state index contributed by atoms with van der Waals surface area (Å²) in [6.07, 6.45) is 0. The SMILES string of the molecule is O=C(NNC(=O)c1ccc(-c2ccccc2)cc1)c1ccc(F)cc1. The van der Waals surface area contributed by atoms with E-state index in [2.05, 4.69) is 10.9 Å². The van der Waals surface area contributed by atoms with Crippen LogP contribution in [0.1, 0.15) is 20.7 Å². The Labute approximate surface area is 144 Å². The van der Waals surface area contributed by atoms with Crippen molar-refractivity contribution in [2.75, 3.05) is 0 Å². The van der Waals surface area contributed by atoms with Crippen LogP contribution in [0.25, 0.3) is 11.1 Å². The van der Waals surface area contributed by atoms with Gasteiger partial charge in [0.1, 0.15) is 5.82 Å². The summed E-state index contributed by atoms with van der Waals surface area (Å²) in [5, 5.41) is 0. The molecule has 3 aromatic carbocycles. The van der Waals surface area contributed by atoms with Gasteiger partial charge in [-0.1, -0.05) is 42.5 Å². The quantitative estimate of drug-likeness (QED) is 0.720. The minimum absolute atomic E-state index is 0.251. The molecule has 0 fully saturated rings. The lowest BCUT2D eigenvalue weighted by molar-refractivity contribution is 0.0846. The molecule has 3 aromatic rings. The average Bonchev–Trinajstić information content (AvgIpc) is 2.67. The molecule has 2 N–H and O–H groups in total. The summed E-state index contributed by atoms with van der Waals surface area (Å²) in [4.78, 5) is 24.0. The van der Waals surface area contributed by atoms with Crippen LogP contribution in [-0.2, 0) is 0 Å². The van der Waals surface area contributed by atoms with Crippen LogP contribution in [0.3, 0.4) is 0 Å². The molecule has 3 rings (SSSR count). The van der Waals surface area contributed by atoms with Gasteiger partial charge in [0, 0.05) is 11.1 Å². The van der Waals surface area contributed by atoms with Crippen molar-refractivity contribution in [3.8, 4) is 11.1 Å². The first-order valence-corrected chi connectivity index (χ1v) is 7.65. The van der Waals surface area contributed by atoms with E-state index in [4.69, 9.17) is 0 Å². The van der Waals surface area contributed by atoms with Gasteiger partial charge in [0.15, 0.2) is 0 Å². The number of carbonyl (C=O) groups is 2. The molecule has 0 radical (unpaired) electrons. The van der Waals surface area contributed by atoms with Crippen molar-refractivity contribution in [3.63, 3.8) is 0 Å². The Morgan fingerprint density at radius 2 is 1.04 bits per heavy atom. The molecule has 4 nitrogen and oxygen atoms in total. The molecule has 0 saturated heterocycles. The van der Waals surface area contributed by atoms with Gasteiger partial charge in [-0.15, -0.1) is 0 Å². The number of amides is 2. The highest BCUT2D eigenvalue weighted by Gasteiger charge is 2.09. The summed E-state index contributed by atoms with van der Waals surface area (Å²) in [6.45, 7) is 0. The molecule has 0 aliphatic heterocycles. The highest BCUT2D eigenvalue weighted by atomic mass is 19.1. The van der Waals surface area contributed by atoms with E-state index in [1.54, 1.807) is 12.1 Å². The monoisotopic (exact) mass is 334 g/mol. The Kier molecular flexibility index (Phi) is 4.85. The lowest BCUT2D eigenvalue weighted by Crippen LogP contribution is -2.41. The van der Waals surface area contributed by atoms with Crippen LogP contribution in [0.4, 0.5) is 4.39 Å². The summed E-state index contributed by atoms with van der Waals surface area (Å²) >= 11 is 0. The van der Waals surface area contributed by atoms with Gasteiger partial charge in [0.05, 0.1) is 0 Å². The summed E-state index contributed by atoms with van der Waals surface area (Å²) in [7, 11) is 0. The number of nitrogens with one attached hydrogen (secondary N) is 2.